The highest BCUT2D eigenvalue weighted by atomic mass is 14.4. The SMILES string of the molecule is C=C(C)c1ccc(C2C=C(C3CC3)C=C2[C@H](C)CC(=C)c2cc(C(C)(C)C)cc(C(C)(C)C)c2)cc1. The zero-order chi connectivity index (χ0) is 26.4. The second-order valence-corrected chi connectivity index (χ2v) is 13.5. The molecule has 2 aliphatic rings. The first-order chi connectivity index (χ1) is 16.7. The summed E-state index contributed by atoms with van der Waals surface area (Å²) < 4.78 is 0. The maximum atomic E-state index is 4.62. The van der Waals surface area contributed by atoms with Crippen molar-refractivity contribution in [2.45, 2.75) is 91.4 Å². The molecule has 2 aliphatic carbocycles. The van der Waals surface area contributed by atoms with Crippen LogP contribution < -0.4 is 0 Å². The van der Waals surface area contributed by atoms with E-state index in [2.05, 4.69) is 123 Å². The average Bonchev–Trinajstić information content (AvgIpc) is 3.55. The van der Waals surface area contributed by atoms with Gasteiger partial charge in [-0.2, -0.15) is 0 Å². The molecule has 2 aromatic carbocycles. The fourth-order valence-corrected chi connectivity index (χ4v) is 5.31. The van der Waals surface area contributed by atoms with E-state index in [1.54, 1.807) is 11.1 Å². The summed E-state index contributed by atoms with van der Waals surface area (Å²) in [5, 5.41) is 0. The second kappa shape index (κ2) is 9.70. The van der Waals surface area contributed by atoms with E-state index < -0.39 is 0 Å². The van der Waals surface area contributed by atoms with Crippen LogP contribution in [0.1, 0.15) is 108 Å². The lowest BCUT2D eigenvalue weighted by Gasteiger charge is -2.27. The van der Waals surface area contributed by atoms with Crippen molar-refractivity contribution in [1.82, 2.24) is 0 Å². The van der Waals surface area contributed by atoms with Crippen LogP contribution in [-0.4, -0.2) is 0 Å². The van der Waals surface area contributed by atoms with Gasteiger partial charge in [-0.3, -0.25) is 0 Å². The quantitative estimate of drug-likeness (QED) is 0.371. The highest BCUT2D eigenvalue weighted by Crippen LogP contribution is 2.47. The number of rotatable bonds is 7. The number of hydrogen-bond donors (Lipinski definition) is 0. The first-order valence-corrected chi connectivity index (χ1v) is 13.8. The van der Waals surface area contributed by atoms with Gasteiger partial charge >= 0.3 is 0 Å². The lowest BCUT2D eigenvalue weighted by atomic mass is 9.77. The molecule has 0 amide bonds. The van der Waals surface area contributed by atoms with Gasteiger partial charge in [-0.05, 0) is 87.8 Å². The minimum Gasteiger partial charge on any atom is -0.0955 e. The molecule has 0 radical (unpaired) electrons. The molecule has 0 aliphatic heterocycles. The molecule has 1 fully saturated rings. The highest BCUT2D eigenvalue weighted by molar-refractivity contribution is 5.67. The van der Waals surface area contributed by atoms with Crippen molar-refractivity contribution in [2.75, 3.05) is 0 Å². The van der Waals surface area contributed by atoms with E-state index in [1.807, 2.05) is 0 Å². The average molecular weight is 479 g/mol. The molecular weight excluding hydrogens is 432 g/mol. The number of hydrogen-bond acceptors (Lipinski definition) is 0. The normalized spacial score (nSPS) is 19.1. The summed E-state index contributed by atoms with van der Waals surface area (Å²) in [6.45, 7) is 27.1. The fourth-order valence-electron chi connectivity index (χ4n) is 5.31. The molecule has 2 atom stereocenters. The van der Waals surface area contributed by atoms with Gasteiger partial charge in [0.25, 0.3) is 0 Å². The summed E-state index contributed by atoms with van der Waals surface area (Å²) in [7, 11) is 0. The minimum absolute atomic E-state index is 0.111. The summed E-state index contributed by atoms with van der Waals surface area (Å²) in [5.41, 5.74) is 12.4. The molecule has 4 rings (SSSR count). The molecule has 190 valence electrons. The molecular formula is C36H46. The van der Waals surface area contributed by atoms with E-state index >= 15 is 0 Å². The van der Waals surface area contributed by atoms with Gasteiger partial charge in [-0.25, -0.2) is 0 Å². The Hall–Kier alpha value is -2.60. The van der Waals surface area contributed by atoms with Crippen LogP contribution in [0, 0.1) is 11.8 Å². The van der Waals surface area contributed by atoms with E-state index in [0.29, 0.717) is 11.8 Å². The summed E-state index contributed by atoms with van der Waals surface area (Å²) in [5.74, 6) is 1.58. The third kappa shape index (κ3) is 5.86. The van der Waals surface area contributed by atoms with Crippen LogP contribution in [0.2, 0.25) is 0 Å². The Morgan fingerprint density at radius 2 is 1.42 bits per heavy atom. The van der Waals surface area contributed by atoms with Crippen molar-refractivity contribution in [3.8, 4) is 0 Å². The van der Waals surface area contributed by atoms with E-state index in [4.69, 9.17) is 0 Å². The molecule has 0 bridgehead atoms. The largest absolute Gasteiger partial charge is 0.0955 e. The summed E-state index contributed by atoms with van der Waals surface area (Å²) in [6, 6.07) is 16.2. The second-order valence-electron chi connectivity index (χ2n) is 13.5. The van der Waals surface area contributed by atoms with Gasteiger partial charge in [0.2, 0.25) is 0 Å². The van der Waals surface area contributed by atoms with Gasteiger partial charge in [-0.15, -0.1) is 0 Å². The van der Waals surface area contributed by atoms with E-state index in [1.165, 1.54) is 46.2 Å². The zero-order valence-electron chi connectivity index (χ0n) is 24.0. The Labute approximate surface area is 220 Å². The highest BCUT2D eigenvalue weighted by Gasteiger charge is 2.32. The third-order valence-electron chi connectivity index (χ3n) is 8.06. The van der Waals surface area contributed by atoms with Crippen LogP contribution in [0.4, 0.5) is 0 Å². The Morgan fingerprint density at radius 3 is 1.89 bits per heavy atom. The van der Waals surface area contributed by atoms with Crippen molar-refractivity contribution in [3.05, 3.63) is 107 Å². The number of benzene rings is 2. The van der Waals surface area contributed by atoms with Gasteiger partial charge in [0, 0.05) is 5.92 Å². The third-order valence-corrected chi connectivity index (χ3v) is 8.06. The van der Waals surface area contributed by atoms with Crippen molar-refractivity contribution < 1.29 is 0 Å². The van der Waals surface area contributed by atoms with Crippen molar-refractivity contribution in [2.24, 2.45) is 11.8 Å². The van der Waals surface area contributed by atoms with Gasteiger partial charge in [0.1, 0.15) is 0 Å². The van der Waals surface area contributed by atoms with Crippen LogP contribution in [0.5, 0.6) is 0 Å². The van der Waals surface area contributed by atoms with Crippen molar-refractivity contribution >= 4 is 11.1 Å². The van der Waals surface area contributed by atoms with Crippen LogP contribution in [0.15, 0.2) is 78.9 Å². The predicted octanol–water partition coefficient (Wildman–Crippen LogP) is 10.4. The van der Waals surface area contributed by atoms with Crippen LogP contribution in [0.3, 0.4) is 0 Å². The molecule has 1 saturated carbocycles. The molecule has 0 saturated heterocycles. The van der Waals surface area contributed by atoms with E-state index in [-0.39, 0.29) is 10.8 Å². The first-order valence-electron chi connectivity index (χ1n) is 13.8. The molecule has 0 spiro atoms. The molecule has 36 heavy (non-hydrogen) atoms. The minimum atomic E-state index is 0.111. The van der Waals surface area contributed by atoms with E-state index in [0.717, 1.165) is 17.9 Å². The smallest absolute Gasteiger partial charge is 0.0240 e. The molecule has 0 N–H and O–H groups in total. The standard InChI is InChI=1S/C36H46/c1-23(2)26-11-15-28(16-12-26)34-21-30(27-13-14-27)20-33(34)25(4)17-24(3)29-18-31(35(5,6)7)22-32(19-29)36(8,9)10/h11-12,15-16,18-22,25,27,34H,1,3,13-14,17H2,2,4-10H3/t25-,34?/m1/s1. The van der Waals surface area contributed by atoms with Gasteiger partial charge in [0.05, 0.1) is 0 Å². The molecule has 0 heteroatoms. The lowest BCUT2D eigenvalue weighted by molar-refractivity contribution is 0.568. The molecule has 0 heterocycles. The van der Waals surface area contributed by atoms with Gasteiger partial charge in [-0.1, -0.05) is 127 Å². The van der Waals surface area contributed by atoms with Gasteiger partial charge in [0.15, 0.2) is 0 Å². The number of allylic oxidation sites excluding steroid dienone is 6. The Morgan fingerprint density at radius 1 is 0.861 bits per heavy atom. The van der Waals surface area contributed by atoms with Gasteiger partial charge < -0.3 is 0 Å². The topological polar surface area (TPSA) is 0 Å². The Kier molecular flexibility index (Phi) is 7.13. The molecule has 1 unspecified atom stereocenters. The van der Waals surface area contributed by atoms with Crippen LogP contribution in [0.25, 0.3) is 11.1 Å². The summed E-state index contributed by atoms with van der Waals surface area (Å²) in [4.78, 5) is 0. The lowest BCUT2D eigenvalue weighted by Crippen LogP contribution is -2.17. The van der Waals surface area contributed by atoms with Crippen molar-refractivity contribution in [1.29, 1.82) is 0 Å². The van der Waals surface area contributed by atoms with Crippen LogP contribution >= 0.6 is 0 Å². The van der Waals surface area contributed by atoms with Crippen LogP contribution in [-0.2, 0) is 10.8 Å². The maximum absolute atomic E-state index is 4.62. The zero-order valence-corrected chi connectivity index (χ0v) is 24.0. The monoisotopic (exact) mass is 478 g/mol. The fraction of sp³-hybridized carbons (Fsp3) is 0.444. The Balaban J connectivity index is 1.61. The van der Waals surface area contributed by atoms with Crippen molar-refractivity contribution in [3.63, 3.8) is 0 Å². The molecule has 0 nitrogen and oxygen atoms in total. The molecule has 2 aromatic rings. The molecule has 0 aromatic heterocycles. The van der Waals surface area contributed by atoms with E-state index in [9.17, 15) is 0 Å². The first kappa shape index (κ1) is 26.5. The summed E-state index contributed by atoms with van der Waals surface area (Å²) in [6.07, 6.45) is 8.73. The maximum Gasteiger partial charge on any atom is 0.0240 e. The Bertz CT molecular complexity index is 1180. The summed E-state index contributed by atoms with van der Waals surface area (Å²) >= 11 is 0. The predicted molar refractivity (Wildman–Crippen MR) is 159 cm³/mol.